The fourth-order valence-corrected chi connectivity index (χ4v) is 3.08. The van der Waals surface area contributed by atoms with Crippen molar-refractivity contribution in [2.45, 2.75) is 18.6 Å². The second kappa shape index (κ2) is 6.54. The first-order chi connectivity index (χ1) is 11.8. The zero-order chi connectivity index (χ0) is 16.4. The van der Waals surface area contributed by atoms with Crippen LogP contribution in [-0.2, 0) is 4.74 Å². The Hall–Kier alpha value is -2.51. The predicted octanol–water partition coefficient (Wildman–Crippen LogP) is 1.58. The molecule has 1 saturated heterocycles. The van der Waals surface area contributed by atoms with Crippen molar-refractivity contribution < 1.29 is 4.74 Å². The van der Waals surface area contributed by atoms with E-state index in [9.17, 15) is 0 Å². The Balaban J connectivity index is 1.57. The molecule has 124 valence electrons. The number of fused-ring (bicyclic) bond motifs is 1. The highest BCUT2D eigenvalue weighted by molar-refractivity contribution is 5.60. The maximum atomic E-state index is 5.44. The molecule has 4 rings (SSSR count). The Bertz CT molecular complexity index is 833. The van der Waals surface area contributed by atoms with Gasteiger partial charge in [-0.2, -0.15) is 0 Å². The maximum Gasteiger partial charge on any atom is 0.145 e. The largest absolute Gasteiger partial charge is 0.380 e. The fourth-order valence-electron chi connectivity index (χ4n) is 3.08. The van der Waals surface area contributed by atoms with E-state index in [1.807, 2.05) is 35.0 Å². The van der Waals surface area contributed by atoms with E-state index >= 15 is 0 Å². The van der Waals surface area contributed by atoms with E-state index in [4.69, 9.17) is 9.72 Å². The lowest BCUT2D eigenvalue weighted by Gasteiger charge is -2.29. The van der Waals surface area contributed by atoms with E-state index in [2.05, 4.69) is 20.6 Å². The molecule has 3 aromatic heterocycles. The number of aromatic nitrogens is 4. The van der Waals surface area contributed by atoms with Crippen LogP contribution in [-0.4, -0.2) is 51.7 Å². The van der Waals surface area contributed by atoms with Gasteiger partial charge in [-0.05, 0) is 18.6 Å². The average Bonchev–Trinajstić information content (AvgIpc) is 3.06. The number of pyridine rings is 1. The summed E-state index contributed by atoms with van der Waals surface area (Å²) < 4.78 is 7.45. The van der Waals surface area contributed by atoms with Crippen molar-refractivity contribution in [3.8, 4) is 11.4 Å². The average molecular weight is 324 g/mol. The zero-order valence-corrected chi connectivity index (χ0v) is 13.5. The van der Waals surface area contributed by atoms with Gasteiger partial charge in [0.1, 0.15) is 17.2 Å². The zero-order valence-electron chi connectivity index (χ0n) is 13.5. The van der Waals surface area contributed by atoms with Gasteiger partial charge in [-0.15, -0.1) is 0 Å². The number of nitrogens with zero attached hydrogens (tertiary/aromatic N) is 4. The Morgan fingerprint density at radius 1 is 1.25 bits per heavy atom. The van der Waals surface area contributed by atoms with Gasteiger partial charge in [0, 0.05) is 32.4 Å². The first-order valence-corrected chi connectivity index (χ1v) is 8.08. The summed E-state index contributed by atoms with van der Waals surface area (Å²) in [4.78, 5) is 13.5. The molecule has 4 heterocycles. The summed E-state index contributed by atoms with van der Waals surface area (Å²) in [5.41, 5.74) is 2.62. The van der Waals surface area contributed by atoms with Crippen LogP contribution in [0.25, 0.3) is 17.0 Å². The molecule has 7 nitrogen and oxygen atoms in total. The third kappa shape index (κ3) is 2.95. The first kappa shape index (κ1) is 15.0. The maximum absolute atomic E-state index is 5.44. The quantitative estimate of drug-likeness (QED) is 0.759. The van der Waals surface area contributed by atoms with Gasteiger partial charge in [0.15, 0.2) is 0 Å². The minimum Gasteiger partial charge on any atom is -0.380 e. The second-order valence-corrected chi connectivity index (χ2v) is 5.95. The summed E-state index contributed by atoms with van der Waals surface area (Å²) in [5, 5.41) is 6.82. The van der Waals surface area contributed by atoms with Crippen molar-refractivity contribution in [2.75, 3.05) is 25.5 Å². The number of methoxy groups -OCH3 is 1. The number of hydrogen-bond donors (Lipinski definition) is 2. The standard InChI is InChI=1S/C17H20N6O/c1-24-13-6-12(7-18-8-13)21-16-11-19-9-14(22-16)15-10-20-17-4-2-3-5-23(15)17/h2-5,9-13,18H,6-8H2,1H3,(H,21,22). The monoisotopic (exact) mass is 324 g/mol. The van der Waals surface area contributed by atoms with E-state index in [-0.39, 0.29) is 12.1 Å². The van der Waals surface area contributed by atoms with Crippen molar-refractivity contribution in [1.82, 2.24) is 24.7 Å². The van der Waals surface area contributed by atoms with Crippen LogP contribution >= 0.6 is 0 Å². The lowest BCUT2D eigenvalue weighted by Crippen LogP contribution is -2.46. The van der Waals surface area contributed by atoms with E-state index in [0.717, 1.165) is 42.4 Å². The van der Waals surface area contributed by atoms with Crippen LogP contribution in [0.3, 0.4) is 0 Å². The molecule has 0 aliphatic carbocycles. The van der Waals surface area contributed by atoms with Gasteiger partial charge in [0.25, 0.3) is 0 Å². The third-order valence-electron chi connectivity index (χ3n) is 4.31. The van der Waals surface area contributed by atoms with E-state index in [1.54, 1.807) is 19.5 Å². The molecule has 3 aromatic rings. The van der Waals surface area contributed by atoms with Crippen LogP contribution < -0.4 is 10.6 Å². The van der Waals surface area contributed by atoms with Gasteiger partial charge in [-0.3, -0.25) is 9.38 Å². The molecule has 2 N–H and O–H groups in total. The van der Waals surface area contributed by atoms with Crippen molar-refractivity contribution in [3.05, 3.63) is 43.0 Å². The van der Waals surface area contributed by atoms with E-state index < -0.39 is 0 Å². The predicted molar refractivity (Wildman–Crippen MR) is 91.9 cm³/mol. The van der Waals surface area contributed by atoms with Crippen LogP contribution in [0.5, 0.6) is 0 Å². The molecule has 0 radical (unpaired) electrons. The molecule has 2 unspecified atom stereocenters. The molecule has 1 aliphatic heterocycles. The molecular weight excluding hydrogens is 304 g/mol. The summed E-state index contributed by atoms with van der Waals surface area (Å²) in [6, 6.07) is 6.19. The van der Waals surface area contributed by atoms with Crippen molar-refractivity contribution in [1.29, 1.82) is 0 Å². The molecule has 2 atom stereocenters. The topological polar surface area (TPSA) is 76.4 Å². The minimum atomic E-state index is 0.228. The van der Waals surface area contributed by atoms with Gasteiger partial charge in [0.2, 0.25) is 0 Å². The number of imidazole rings is 1. The molecule has 0 spiro atoms. The minimum absolute atomic E-state index is 0.228. The van der Waals surface area contributed by atoms with Crippen molar-refractivity contribution in [2.24, 2.45) is 0 Å². The lowest BCUT2D eigenvalue weighted by molar-refractivity contribution is 0.0770. The second-order valence-electron chi connectivity index (χ2n) is 5.95. The summed E-state index contributed by atoms with van der Waals surface area (Å²) in [7, 11) is 1.75. The van der Waals surface area contributed by atoms with Gasteiger partial charge in [-0.1, -0.05) is 6.07 Å². The summed E-state index contributed by atoms with van der Waals surface area (Å²) >= 11 is 0. The third-order valence-corrected chi connectivity index (χ3v) is 4.31. The molecule has 1 fully saturated rings. The van der Waals surface area contributed by atoms with E-state index in [1.165, 1.54) is 0 Å². The van der Waals surface area contributed by atoms with Crippen LogP contribution in [0, 0.1) is 0 Å². The smallest absolute Gasteiger partial charge is 0.145 e. The summed E-state index contributed by atoms with van der Waals surface area (Å²) in [6.45, 7) is 1.78. The Kier molecular flexibility index (Phi) is 4.10. The number of piperidine rings is 1. The Morgan fingerprint density at radius 2 is 2.21 bits per heavy atom. The summed E-state index contributed by atoms with van der Waals surface area (Å²) in [5.74, 6) is 0.766. The molecule has 0 bridgehead atoms. The number of anilines is 1. The molecular formula is C17H20N6O. The number of hydrogen-bond acceptors (Lipinski definition) is 6. The molecule has 7 heteroatoms. The normalized spacial score (nSPS) is 21.0. The van der Waals surface area contributed by atoms with Crippen LogP contribution in [0.1, 0.15) is 6.42 Å². The highest BCUT2D eigenvalue weighted by atomic mass is 16.5. The first-order valence-electron chi connectivity index (χ1n) is 8.08. The highest BCUT2D eigenvalue weighted by Gasteiger charge is 2.21. The molecule has 0 amide bonds. The van der Waals surface area contributed by atoms with Crippen LogP contribution in [0.4, 0.5) is 5.82 Å². The Morgan fingerprint density at radius 3 is 3.12 bits per heavy atom. The molecule has 1 aliphatic rings. The van der Waals surface area contributed by atoms with Crippen LogP contribution in [0.15, 0.2) is 43.0 Å². The lowest BCUT2D eigenvalue weighted by atomic mass is 10.1. The molecule has 0 saturated carbocycles. The number of nitrogens with one attached hydrogen (secondary N) is 2. The number of ether oxygens (including phenoxy) is 1. The van der Waals surface area contributed by atoms with Gasteiger partial charge in [-0.25, -0.2) is 9.97 Å². The van der Waals surface area contributed by atoms with Gasteiger partial charge >= 0.3 is 0 Å². The SMILES string of the molecule is COC1CNCC(Nc2cncc(-c3cnc4ccccn34)n2)C1. The molecule has 0 aromatic carbocycles. The van der Waals surface area contributed by atoms with E-state index in [0.29, 0.717) is 0 Å². The van der Waals surface area contributed by atoms with Crippen molar-refractivity contribution in [3.63, 3.8) is 0 Å². The summed E-state index contributed by atoms with van der Waals surface area (Å²) in [6.07, 6.45) is 8.50. The Labute approximate surface area is 140 Å². The highest BCUT2D eigenvalue weighted by Crippen LogP contribution is 2.20. The molecule has 24 heavy (non-hydrogen) atoms. The van der Waals surface area contributed by atoms with Crippen LogP contribution in [0.2, 0.25) is 0 Å². The van der Waals surface area contributed by atoms with Gasteiger partial charge in [0.05, 0.1) is 30.4 Å². The van der Waals surface area contributed by atoms with Crippen molar-refractivity contribution >= 4 is 11.5 Å². The van der Waals surface area contributed by atoms with Gasteiger partial charge < -0.3 is 15.4 Å². The fraction of sp³-hybridized carbons (Fsp3) is 0.353. The number of rotatable bonds is 4.